The summed E-state index contributed by atoms with van der Waals surface area (Å²) in [5.74, 6) is -0.148. The number of hydrogen-bond donors (Lipinski definition) is 2. The number of nitrogens with one attached hydrogen (secondary N) is 2. The molecule has 3 amide bonds. The van der Waals surface area contributed by atoms with Crippen molar-refractivity contribution in [2.45, 2.75) is 12.8 Å². The van der Waals surface area contributed by atoms with E-state index in [9.17, 15) is 14.4 Å². The first kappa shape index (κ1) is 18.9. The maximum atomic E-state index is 12.3. The van der Waals surface area contributed by atoms with Gasteiger partial charge in [-0.15, -0.1) is 0 Å². The van der Waals surface area contributed by atoms with E-state index in [2.05, 4.69) is 15.6 Å². The number of carbonyl (C=O) groups excluding carboxylic acids is 3. The van der Waals surface area contributed by atoms with Crippen LogP contribution in [0.15, 0.2) is 58.1 Å². The number of furan rings is 1. The summed E-state index contributed by atoms with van der Waals surface area (Å²) in [6.07, 6.45) is 5.63. The van der Waals surface area contributed by atoms with Crippen LogP contribution >= 0.6 is 11.8 Å². The monoisotopic (exact) mass is 407 g/mol. The Kier molecular flexibility index (Phi) is 5.44. The second-order valence-electron chi connectivity index (χ2n) is 6.48. The molecule has 0 saturated carbocycles. The molecule has 0 atom stereocenters. The van der Waals surface area contributed by atoms with Gasteiger partial charge in [0.15, 0.2) is 0 Å². The van der Waals surface area contributed by atoms with Crippen molar-refractivity contribution >= 4 is 45.9 Å². The third-order valence-electron chi connectivity index (χ3n) is 4.36. The van der Waals surface area contributed by atoms with E-state index in [4.69, 9.17) is 4.42 Å². The van der Waals surface area contributed by atoms with E-state index in [1.165, 1.54) is 6.08 Å². The van der Waals surface area contributed by atoms with Gasteiger partial charge in [-0.05, 0) is 29.8 Å². The van der Waals surface area contributed by atoms with E-state index in [1.54, 1.807) is 18.5 Å². The summed E-state index contributed by atoms with van der Waals surface area (Å²) >= 11 is 0.822. The number of aromatic nitrogens is 1. The first-order valence-electron chi connectivity index (χ1n) is 9.00. The van der Waals surface area contributed by atoms with Gasteiger partial charge in [-0.3, -0.25) is 24.7 Å². The number of imide groups is 1. The van der Waals surface area contributed by atoms with Crippen LogP contribution in [0.5, 0.6) is 0 Å². The van der Waals surface area contributed by atoms with Gasteiger partial charge < -0.3 is 9.73 Å². The molecule has 1 aliphatic heterocycles. The van der Waals surface area contributed by atoms with Crippen molar-refractivity contribution in [2.75, 3.05) is 6.54 Å². The van der Waals surface area contributed by atoms with Gasteiger partial charge in [-0.1, -0.05) is 30.3 Å². The summed E-state index contributed by atoms with van der Waals surface area (Å²) in [5, 5.41) is 5.42. The van der Waals surface area contributed by atoms with Crippen molar-refractivity contribution in [1.82, 2.24) is 15.6 Å². The lowest BCUT2D eigenvalue weighted by Gasteiger charge is -2.06. The second kappa shape index (κ2) is 8.32. The summed E-state index contributed by atoms with van der Waals surface area (Å²) in [7, 11) is 0. The van der Waals surface area contributed by atoms with Gasteiger partial charge in [0, 0.05) is 36.0 Å². The third kappa shape index (κ3) is 4.55. The molecule has 29 heavy (non-hydrogen) atoms. The number of carbonyl (C=O) groups is 3. The number of fused-ring (bicyclic) bond motifs is 1. The highest BCUT2D eigenvalue weighted by Crippen LogP contribution is 2.29. The number of hydrogen-bond acceptors (Lipinski definition) is 6. The molecule has 2 N–H and O–H groups in total. The Bertz CT molecular complexity index is 1120. The molecule has 1 aromatic carbocycles. The van der Waals surface area contributed by atoms with Crippen LogP contribution in [0.4, 0.5) is 4.79 Å². The number of amides is 3. The first-order valence-corrected chi connectivity index (χ1v) is 9.82. The fraction of sp³-hybridized carbons (Fsp3) is 0.143. The summed E-state index contributed by atoms with van der Waals surface area (Å²) in [4.78, 5) is 39.7. The summed E-state index contributed by atoms with van der Waals surface area (Å²) in [6.45, 7) is 0.544. The molecule has 0 radical (unpaired) electrons. The second-order valence-corrected chi connectivity index (χ2v) is 7.50. The molecule has 146 valence electrons. The minimum Gasteiger partial charge on any atom is -0.456 e. The average Bonchev–Trinajstić information content (AvgIpc) is 3.25. The van der Waals surface area contributed by atoms with E-state index in [-0.39, 0.29) is 17.2 Å². The Labute approximate surface area is 170 Å². The lowest BCUT2D eigenvalue weighted by atomic mass is 10.1. The largest absolute Gasteiger partial charge is 0.456 e. The normalized spacial score (nSPS) is 15.1. The molecule has 7 nitrogen and oxygen atoms in total. The number of pyridine rings is 1. The Balaban J connectivity index is 1.44. The molecule has 0 bridgehead atoms. The van der Waals surface area contributed by atoms with Crippen molar-refractivity contribution in [3.05, 3.63) is 70.6 Å². The average molecular weight is 407 g/mol. The van der Waals surface area contributed by atoms with Crippen LogP contribution in [-0.4, -0.2) is 28.6 Å². The van der Waals surface area contributed by atoms with Gasteiger partial charge in [0.1, 0.15) is 11.3 Å². The predicted octanol–water partition coefficient (Wildman–Crippen LogP) is 3.05. The smallest absolute Gasteiger partial charge is 0.290 e. The SMILES string of the molecule is O=C(Cc1cncc2cc(/C=C3\SC(=O)NC3=O)oc12)NCCc1ccccc1. The van der Waals surface area contributed by atoms with E-state index in [1.807, 2.05) is 30.3 Å². The summed E-state index contributed by atoms with van der Waals surface area (Å²) in [5.41, 5.74) is 2.36. The molecule has 4 rings (SSSR count). The highest BCUT2D eigenvalue weighted by Gasteiger charge is 2.25. The molecule has 2 aromatic heterocycles. The van der Waals surface area contributed by atoms with E-state index in [0.717, 1.165) is 29.1 Å². The zero-order chi connectivity index (χ0) is 20.2. The van der Waals surface area contributed by atoms with Gasteiger partial charge in [0.05, 0.1) is 11.3 Å². The fourth-order valence-electron chi connectivity index (χ4n) is 3.01. The molecule has 3 heterocycles. The van der Waals surface area contributed by atoms with Crippen LogP contribution in [0.2, 0.25) is 0 Å². The van der Waals surface area contributed by atoms with Crippen LogP contribution in [0.1, 0.15) is 16.9 Å². The van der Waals surface area contributed by atoms with Gasteiger partial charge in [-0.25, -0.2) is 0 Å². The van der Waals surface area contributed by atoms with Crippen LogP contribution in [0, 0.1) is 0 Å². The van der Waals surface area contributed by atoms with Gasteiger partial charge >= 0.3 is 0 Å². The molecule has 8 heteroatoms. The number of nitrogens with zero attached hydrogens (tertiary/aromatic N) is 1. The molecule has 0 spiro atoms. The van der Waals surface area contributed by atoms with Gasteiger partial charge in [0.25, 0.3) is 11.1 Å². The standard InChI is InChI=1S/C21H17N3O4S/c25-18(23-7-6-13-4-2-1-3-5-13)9-15-12-22-11-14-8-16(28-19(14)15)10-17-20(26)24-21(27)29-17/h1-5,8,10-12H,6-7,9H2,(H,23,25)(H,24,26,27)/b17-10-. The van der Waals surface area contributed by atoms with Crippen LogP contribution < -0.4 is 10.6 Å². The maximum Gasteiger partial charge on any atom is 0.290 e. The quantitative estimate of drug-likeness (QED) is 0.609. The minimum absolute atomic E-state index is 0.122. The number of benzene rings is 1. The topological polar surface area (TPSA) is 101 Å². The third-order valence-corrected chi connectivity index (χ3v) is 5.17. The Hall–Kier alpha value is -3.39. The number of thioether (sulfide) groups is 1. The van der Waals surface area contributed by atoms with Crippen molar-refractivity contribution in [2.24, 2.45) is 0 Å². The van der Waals surface area contributed by atoms with Gasteiger partial charge in [-0.2, -0.15) is 0 Å². The number of rotatable bonds is 6. The van der Waals surface area contributed by atoms with Crippen molar-refractivity contribution < 1.29 is 18.8 Å². The van der Waals surface area contributed by atoms with E-state index >= 15 is 0 Å². The first-order chi connectivity index (χ1) is 14.1. The van der Waals surface area contributed by atoms with E-state index < -0.39 is 11.1 Å². The van der Waals surface area contributed by atoms with Gasteiger partial charge in [0.2, 0.25) is 5.91 Å². The molecule has 1 saturated heterocycles. The molecular formula is C21H17N3O4S. The molecule has 1 fully saturated rings. The zero-order valence-electron chi connectivity index (χ0n) is 15.3. The zero-order valence-corrected chi connectivity index (χ0v) is 16.1. The highest BCUT2D eigenvalue weighted by atomic mass is 32.2. The molecular weight excluding hydrogens is 390 g/mol. The molecule has 3 aromatic rings. The van der Waals surface area contributed by atoms with Crippen LogP contribution in [-0.2, 0) is 22.4 Å². The lowest BCUT2D eigenvalue weighted by molar-refractivity contribution is -0.120. The van der Waals surface area contributed by atoms with Crippen LogP contribution in [0.3, 0.4) is 0 Å². The van der Waals surface area contributed by atoms with Crippen molar-refractivity contribution in [3.63, 3.8) is 0 Å². The Morgan fingerprint density at radius 3 is 2.79 bits per heavy atom. The van der Waals surface area contributed by atoms with Crippen molar-refractivity contribution in [1.29, 1.82) is 0 Å². The molecule has 0 aliphatic carbocycles. The Morgan fingerprint density at radius 1 is 1.21 bits per heavy atom. The minimum atomic E-state index is -0.448. The van der Waals surface area contributed by atoms with Crippen LogP contribution in [0.25, 0.3) is 17.0 Å². The highest BCUT2D eigenvalue weighted by molar-refractivity contribution is 8.18. The molecule has 0 unspecified atom stereocenters. The lowest BCUT2D eigenvalue weighted by Crippen LogP contribution is -2.27. The maximum absolute atomic E-state index is 12.3. The molecule has 1 aliphatic rings. The van der Waals surface area contributed by atoms with Crippen molar-refractivity contribution in [3.8, 4) is 0 Å². The summed E-state index contributed by atoms with van der Waals surface area (Å²) in [6, 6.07) is 11.7. The fourth-order valence-corrected chi connectivity index (χ4v) is 3.67. The predicted molar refractivity (Wildman–Crippen MR) is 110 cm³/mol. The van der Waals surface area contributed by atoms with E-state index in [0.29, 0.717) is 23.5 Å². The summed E-state index contributed by atoms with van der Waals surface area (Å²) < 4.78 is 5.82. The Morgan fingerprint density at radius 2 is 2.03 bits per heavy atom.